The van der Waals surface area contributed by atoms with Crippen molar-refractivity contribution in [3.05, 3.63) is 83.4 Å². The number of hydrogen-bond acceptors (Lipinski definition) is 1. The Morgan fingerprint density at radius 3 is 2.20 bits per heavy atom. The number of carbonyl (C=O) groups is 1. The molecule has 2 aromatic heterocycles. The van der Waals surface area contributed by atoms with Crippen LogP contribution in [0.15, 0.2) is 60.8 Å². The van der Waals surface area contributed by atoms with E-state index in [0.717, 1.165) is 31.4 Å². The van der Waals surface area contributed by atoms with Gasteiger partial charge in [-0.1, -0.05) is 57.0 Å². The highest BCUT2D eigenvalue weighted by atomic mass is 16.1. The Morgan fingerprint density at radius 2 is 1.60 bits per heavy atom. The van der Waals surface area contributed by atoms with Gasteiger partial charge in [0.1, 0.15) is 0 Å². The van der Waals surface area contributed by atoms with E-state index in [2.05, 4.69) is 35.9 Å². The van der Waals surface area contributed by atoms with Crippen molar-refractivity contribution < 1.29 is 4.79 Å². The first kappa shape index (κ1) is 17.3. The minimum absolute atomic E-state index is 0.0419. The van der Waals surface area contributed by atoms with Gasteiger partial charge in [0.05, 0.1) is 11.1 Å². The second-order valence-corrected chi connectivity index (χ2v) is 6.65. The summed E-state index contributed by atoms with van der Waals surface area (Å²) in [4.78, 5) is 19.6. The summed E-state index contributed by atoms with van der Waals surface area (Å²) in [6, 6.07) is 17.7. The van der Waals surface area contributed by atoms with Gasteiger partial charge in [0.2, 0.25) is 5.78 Å². The second-order valence-electron chi connectivity index (χ2n) is 6.65. The van der Waals surface area contributed by atoms with Crippen molar-refractivity contribution in [3.63, 3.8) is 0 Å². The molecular weight excluding hydrogens is 308 g/mol. The van der Waals surface area contributed by atoms with Gasteiger partial charge in [-0.05, 0) is 37.1 Å². The molecule has 0 saturated carbocycles. The fourth-order valence-electron chi connectivity index (χ4n) is 3.84. The lowest BCUT2D eigenvalue weighted by Gasteiger charge is -2.32. The van der Waals surface area contributed by atoms with Crippen LogP contribution in [0.4, 0.5) is 0 Å². The molecule has 0 radical (unpaired) electrons. The molecule has 2 N–H and O–H groups in total. The summed E-state index contributed by atoms with van der Waals surface area (Å²) in [5, 5.41) is 0. The Balaban J connectivity index is 2.01. The average Bonchev–Trinajstić information content (AvgIpc) is 3.34. The number of H-pyrrole nitrogens is 2. The van der Waals surface area contributed by atoms with E-state index in [0.29, 0.717) is 11.3 Å². The van der Waals surface area contributed by atoms with Crippen molar-refractivity contribution in [1.29, 1.82) is 0 Å². The second kappa shape index (κ2) is 7.56. The molecular formula is C22H26N2O. The highest BCUT2D eigenvalue weighted by Crippen LogP contribution is 2.39. The van der Waals surface area contributed by atoms with Crippen LogP contribution in [-0.2, 0) is 5.41 Å². The number of nitrogens with one attached hydrogen (secondary N) is 2. The quantitative estimate of drug-likeness (QED) is 0.528. The number of benzene rings is 1. The summed E-state index contributed by atoms with van der Waals surface area (Å²) < 4.78 is 0. The van der Waals surface area contributed by atoms with E-state index in [9.17, 15) is 4.79 Å². The molecule has 0 amide bonds. The van der Waals surface area contributed by atoms with Gasteiger partial charge in [0.15, 0.2) is 0 Å². The lowest BCUT2D eigenvalue weighted by atomic mass is 9.74. The van der Waals surface area contributed by atoms with Gasteiger partial charge >= 0.3 is 0 Å². The normalized spacial score (nSPS) is 11.6. The Bertz CT molecular complexity index is 794. The van der Waals surface area contributed by atoms with Gasteiger partial charge in [0, 0.05) is 23.1 Å². The highest BCUT2D eigenvalue weighted by molar-refractivity contribution is 6.07. The molecule has 0 saturated heterocycles. The molecule has 3 rings (SSSR count). The molecule has 3 nitrogen and oxygen atoms in total. The fraction of sp³-hybridized carbons (Fsp3) is 0.318. The van der Waals surface area contributed by atoms with Crippen LogP contribution in [0.1, 0.15) is 67.0 Å². The maximum absolute atomic E-state index is 12.7. The third-order valence-corrected chi connectivity index (χ3v) is 4.95. The molecule has 0 aliphatic rings. The van der Waals surface area contributed by atoms with E-state index < -0.39 is 0 Å². The SMILES string of the molecule is CCCC(CCC)(c1ccc[nH]1)c1ccc(C(=O)c2ccccc2)[nH]1. The van der Waals surface area contributed by atoms with Crippen LogP contribution >= 0.6 is 0 Å². The molecule has 25 heavy (non-hydrogen) atoms. The number of carbonyl (C=O) groups excluding carboxylic acids is 1. The fourth-order valence-corrected chi connectivity index (χ4v) is 3.84. The summed E-state index contributed by atoms with van der Waals surface area (Å²) >= 11 is 0. The first-order valence-electron chi connectivity index (χ1n) is 9.14. The molecule has 3 heteroatoms. The van der Waals surface area contributed by atoms with Gasteiger partial charge in [-0.25, -0.2) is 0 Å². The lowest BCUT2D eigenvalue weighted by molar-refractivity contribution is 0.103. The number of ketones is 1. The number of aromatic nitrogens is 2. The lowest BCUT2D eigenvalue weighted by Crippen LogP contribution is -2.28. The van der Waals surface area contributed by atoms with Gasteiger partial charge in [0.25, 0.3) is 0 Å². The third kappa shape index (κ3) is 3.32. The monoisotopic (exact) mass is 334 g/mol. The van der Waals surface area contributed by atoms with Crippen molar-refractivity contribution in [2.75, 3.05) is 0 Å². The van der Waals surface area contributed by atoms with Gasteiger partial charge < -0.3 is 9.97 Å². The minimum atomic E-state index is -0.0950. The van der Waals surface area contributed by atoms with Crippen molar-refractivity contribution in [2.45, 2.75) is 44.9 Å². The van der Waals surface area contributed by atoms with Crippen molar-refractivity contribution >= 4 is 5.78 Å². The largest absolute Gasteiger partial charge is 0.364 e. The van der Waals surface area contributed by atoms with Crippen molar-refractivity contribution in [3.8, 4) is 0 Å². The number of rotatable bonds is 8. The molecule has 0 aliphatic heterocycles. The van der Waals surface area contributed by atoms with Crippen LogP contribution in [-0.4, -0.2) is 15.8 Å². The summed E-state index contributed by atoms with van der Waals surface area (Å²) in [5.74, 6) is 0.0419. The predicted octanol–water partition coefficient (Wildman–Crippen LogP) is 5.46. The van der Waals surface area contributed by atoms with Crippen molar-refractivity contribution in [2.24, 2.45) is 0 Å². The molecule has 0 aliphatic carbocycles. The van der Waals surface area contributed by atoms with Crippen LogP contribution in [0.2, 0.25) is 0 Å². The van der Waals surface area contributed by atoms with E-state index in [1.807, 2.05) is 48.7 Å². The van der Waals surface area contributed by atoms with E-state index in [-0.39, 0.29) is 11.2 Å². The third-order valence-electron chi connectivity index (χ3n) is 4.95. The Hall–Kier alpha value is -2.55. The first-order valence-corrected chi connectivity index (χ1v) is 9.14. The number of aromatic amines is 2. The zero-order valence-electron chi connectivity index (χ0n) is 15.0. The smallest absolute Gasteiger partial charge is 0.209 e. The Morgan fingerprint density at radius 1 is 0.880 bits per heavy atom. The summed E-state index contributed by atoms with van der Waals surface area (Å²) in [6.07, 6.45) is 6.23. The summed E-state index contributed by atoms with van der Waals surface area (Å²) in [6.45, 7) is 4.43. The maximum atomic E-state index is 12.7. The zero-order valence-corrected chi connectivity index (χ0v) is 15.0. The molecule has 0 unspecified atom stereocenters. The molecule has 0 fully saturated rings. The van der Waals surface area contributed by atoms with E-state index >= 15 is 0 Å². The van der Waals surface area contributed by atoms with E-state index in [1.54, 1.807) is 0 Å². The summed E-state index contributed by atoms with van der Waals surface area (Å²) in [5.41, 5.74) is 3.62. The molecule has 1 aromatic carbocycles. The average molecular weight is 334 g/mol. The minimum Gasteiger partial charge on any atom is -0.364 e. The van der Waals surface area contributed by atoms with Gasteiger partial charge in [-0.2, -0.15) is 0 Å². The van der Waals surface area contributed by atoms with E-state index in [4.69, 9.17) is 0 Å². The van der Waals surface area contributed by atoms with Crippen LogP contribution in [0, 0.1) is 0 Å². The van der Waals surface area contributed by atoms with Crippen molar-refractivity contribution in [1.82, 2.24) is 9.97 Å². The number of hydrogen-bond donors (Lipinski definition) is 2. The van der Waals surface area contributed by atoms with E-state index in [1.165, 1.54) is 5.69 Å². The zero-order chi connectivity index (χ0) is 17.7. The van der Waals surface area contributed by atoms with Crippen LogP contribution in [0.3, 0.4) is 0 Å². The Labute approximate surface area is 149 Å². The molecule has 0 atom stereocenters. The van der Waals surface area contributed by atoms with Gasteiger partial charge in [-0.3, -0.25) is 4.79 Å². The highest BCUT2D eigenvalue weighted by Gasteiger charge is 2.35. The van der Waals surface area contributed by atoms with Crippen LogP contribution < -0.4 is 0 Å². The topological polar surface area (TPSA) is 48.6 Å². The maximum Gasteiger partial charge on any atom is 0.209 e. The molecule has 2 heterocycles. The Kier molecular flexibility index (Phi) is 5.22. The first-order chi connectivity index (χ1) is 12.2. The van der Waals surface area contributed by atoms with Crippen LogP contribution in [0.25, 0.3) is 0 Å². The van der Waals surface area contributed by atoms with Gasteiger partial charge in [-0.15, -0.1) is 0 Å². The van der Waals surface area contributed by atoms with Crippen LogP contribution in [0.5, 0.6) is 0 Å². The molecule has 0 bridgehead atoms. The molecule has 0 spiro atoms. The predicted molar refractivity (Wildman–Crippen MR) is 102 cm³/mol. The standard InChI is InChI=1S/C22H26N2O/c1-3-14-22(15-4-2,19-11-8-16-23-19)20-13-12-18(24-20)21(25)17-9-6-5-7-10-17/h5-13,16,23-24H,3-4,14-15H2,1-2H3. The molecule has 130 valence electrons. The summed E-state index contributed by atoms with van der Waals surface area (Å²) in [7, 11) is 0. The molecule has 3 aromatic rings.